The monoisotopic (exact) mass is 368 g/mol. The molecular formula is C20H20N2O5. The predicted molar refractivity (Wildman–Crippen MR) is 98.2 cm³/mol. The molecule has 2 amide bonds. The van der Waals surface area contributed by atoms with Crippen molar-refractivity contribution in [2.75, 3.05) is 18.5 Å². The van der Waals surface area contributed by atoms with Crippen LogP contribution in [-0.4, -0.2) is 40.9 Å². The molecule has 1 aliphatic heterocycles. The maximum atomic E-state index is 12.5. The zero-order chi connectivity index (χ0) is 19.2. The molecule has 0 saturated carbocycles. The van der Waals surface area contributed by atoms with Crippen LogP contribution in [0.3, 0.4) is 0 Å². The smallest absolute Gasteiger partial charge is 0.341 e. The molecule has 7 heteroatoms. The summed E-state index contributed by atoms with van der Waals surface area (Å²) in [6.07, 6.45) is 0.193. The van der Waals surface area contributed by atoms with Crippen molar-refractivity contribution in [3.63, 3.8) is 0 Å². The summed E-state index contributed by atoms with van der Waals surface area (Å²) in [6.45, 7) is 0.464. The Kier molecular flexibility index (Phi) is 5.71. The zero-order valence-corrected chi connectivity index (χ0v) is 14.6. The third kappa shape index (κ3) is 5.07. The summed E-state index contributed by atoms with van der Waals surface area (Å²) in [5.41, 5.74) is 1.60. The first-order valence-corrected chi connectivity index (χ1v) is 8.58. The summed E-state index contributed by atoms with van der Waals surface area (Å²) in [6, 6.07) is 16.1. The average molecular weight is 368 g/mol. The molecule has 1 fully saturated rings. The number of rotatable bonds is 7. The number of ether oxygens (including phenoxy) is 1. The third-order valence-corrected chi connectivity index (χ3v) is 4.29. The molecule has 0 spiro atoms. The fraction of sp³-hybridized carbons (Fsp3) is 0.250. The van der Waals surface area contributed by atoms with E-state index in [0.717, 1.165) is 5.56 Å². The van der Waals surface area contributed by atoms with Crippen molar-refractivity contribution in [1.82, 2.24) is 4.90 Å². The summed E-state index contributed by atoms with van der Waals surface area (Å²) in [7, 11) is 0. The number of anilines is 1. The number of aliphatic carboxylic acids is 1. The Balaban J connectivity index is 1.54. The lowest BCUT2D eigenvalue weighted by Crippen LogP contribution is -2.28. The van der Waals surface area contributed by atoms with E-state index >= 15 is 0 Å². The van der Waals surface area contributed by atoms with Crippen molar-refractivity contribution in [2.45, 2.75) is 13.0 Å². The normalized spacial score (nSPS) is 16.2. The number of hydrogen-bond donors (Lipinski definition) is 2. The van der Waals surface area contributed by atoms with Crippen LogP contribution < -0.4 is 10.1 Å². The van der Waals surface area contributed by atoms with Crippen molar-refractivity contribution in [1.29, 1.82) is 0 Å². The number of benzene rings is 2. The summed E-state index contributed by atoms with van der Waals surface area (Å²) in [5, 5.41) is 11.4. The SMILES string of the molecule is O=C(O)COc1ccc(NC(=O)C2CC(=O)N(Cc3ccccc3)C2)cc1. The van der Waals surface area contributed by atoms with Gasteiger partial charge in [-0.15, -0.1) is 0 Å². The summed E-state index contributed by atoms with van der Waals surface area (Å²) < 4.78 is 5.05. The second-order valence-electron chi connectivity index (χ2n) is 6.36. The van der Waals surface area contributed by atoms with Crippen LogP contribution in [0.15, 0.2) is 54.6 Å². The first-order chi connectivity index (χ1) is 13.0. The predicted octanol–water partition coefficient (Wildman–Crippen LogP) is 2.14. The number of carboxylic acids is 1. The van der Waals surface area contributed by atoms with Crippen LogP contribution >= 0.6 is 0 Å². The van der Waals surface area contributed by atoms with Crippen molar-refractivity contribution >= 4 is 23.5 Å². The Bertz CT molecular complexity index is 820. The molecule has 2 aromatic rings. The fourth-order valence-electron chi connectivity index (χ4n) is 2.93. The summed E-state index contributed by atoms with van der Waals surface area (Å²) >= 11 is 0. The van der Waals surface area contributed by atoms with Crippen molar-refractivity contribution in [3.8, 4) is 5.75 Å². The van der Waals surface area contributed by atoms with Gasteiger partial charge in [-0.25, -0.2) is 4.79 Å². The molecule has 2 N–H and O–H groups in total. The molecule has 1 aliphatic rings. The first-order valence-electron chi connectivity index (χ1n) is 8.58. The van der Waals surface area contributed by atoms with Gasteiger partial charge in [0.25, 0.3) is 0 Å². The van der Waals surface area contributed by atoms with Gasteiger partial charge in [-0.3, -0.25) is 9.59 Å². The third-order valence-electron chi connectivity index (χ3n) is 4.29. The van der Waals surface area contributed by atoms with Gasteiger partial charge in [0.15, 0.2) is 6.61 Å². The Hall–Kier alpha value is -3.35. The first kappa shape index (κ1) is 18.4. The van der Waals surface area contributed by atoms with E-state index < -0.39 is 18.5 Å². The highest BCUT2D eigenvalue weighted by atomic mass is 16.5. The second kappa shape index (κ2) is 8.35. The molecule has 1 heterocycles. The Morgan fingerprint density at radius 2 is 1.81 bits per heavy atom. The Morgan fingerprint density at radius 3 is 2.48 bits per heavy atom. The highest BCUT2D eigenvalue weighted by molar-refractivity contribution is 5.97. The number of nitrogens with zero attached hydrogens (tertiary/aromatic N) is 1. The van der Waals surface area contributed by atoms with Crippen LogP contribution in [-0.2, 0) is 20.9 Å². The molecule has 1 saturated heterocycles. The van der Waals surface area contributed by atoms with Crippen molar-refractivity contribution < 1.29 is 24.2 Å². The van der Waals surface area contributed by atoms with E-state index in [4.69, 9.17) is 9.84 Å². The fourth-order valence-corrected chi connectivity index (χ4v) is 2.93. The zero-order valence-electron chi connectivity index (χ0n) is 14.6. The van der Waals surface area contributed by atoms with E-state index in [-0.39, 0.29) is 18.2 Å². The number of likely N-dealkylation sites (tertiary alicyclic amines) is 1. The van der Waals surface area contributed by atoms with Gasteiger partial charge in [-0.2, -0.15) is 0 Å². The van der Waals surface area contributed by atoms with Gasteiger partial charge >= 0.3 is 5.97 Å². The largest absolute Gasteiger partial charge is 0.482 e. The molecule has 0 radical (unpaired) electrons. The number of nitrogens with one attached hydrogen (secondary N) is 1. The van der Waals surface area contributed by atoms with E-state index in [1.54, 1.807) is 29.2 Å². The minimum absolute atomic E-state index is 0.0311. The number of amides is 2. The van der Waals surface area contributed by atoms with Gasteiger partial charge in [0.2, 0.25) is 11.8 Å². The van der Waals surface area contributed by atoms with Crippen molar-refractivity contribution in [3.05, 3.63) is 60.2 Å². The molecule has 2 aromatic carbocycles. The van der Waals surface area contributed by atoms with E-state index in [9.17, 15) is 14.4 Å². The Labute approximate surface area is 156 Å². The summed E-state index contributed by atoms with van der Waals surface area (Å²) in [5.74, 6) is -1.29. The lowest BCUT2D eigenvalue weighted by molar-refractivity contribution is -0.139. The van der Waals surface area contributed by atoms with E-state index in [0.29, 0.717) is 24.5 Å². The quantitative estimate of drug-likeness (QED) is 0.781. The van der Waals surface area contributed by atoms with Crippen LogP contribution in [0.5, 0.6) is 5.75 Å². The average Bonchev–Trinajstić information content (AvgIpc) is 3.02. The van der Waals surface area contributed by atoms with Crippen LogP contribution in [0.2, 0.25) is 0 Å². The van der Waals surface area contributed by atoms with Crippen LogP contribution in [0.25, 0.3) is 0 Å². The van der Waals surface area contributed by atoms with Gasteiger partial charge in [0.05, 0.1) is 5.92 Å². The van der Waals surface area contributed by atoms with Crippen molar-refractivity contribution in [2.24, 2.45) is 5.92 Å². The lowest BCUT2D eigenvalue weighted by Gasteiger charge is -2.16. The van der Waals surface area contributed by atoms with E-state index in [1.165, 1.54) is 0 Å². The molecule has 7 nitrogen and oxygen atoms in total. The minimum Gasteiger partial charge on any atom is -0.482 e. The van der Waals surface area contributed by atoms with Gasteiger partial charge in [-0.05, 0) is 29.8 Å². The minimum atomic E-state index is -1.06. The second-order valence-corrected chi connectivity index (χ2v) is 6.36. The molecule has 27 heavy (non-hydrogen) atoms. The highest BCUT2D eigenvalue weighted by Gasteiger charge is 2.34. The number of carbonyl (C=O) groups is 3. The highest BCUT2D eigenvalue weighted by Crippen LogP contribution is 2.23. The van der Waals surface area contributed by atoms with Gasteiger partial charge < -0.3 is 20.1 Å². The molecule has 1 atom stereocenters. The number of carboxylic acid groups (broad SMARTS) is 1. The maximum Gasteiger partial charge on any atom is 0.341 e. The lowest BCUT2D eigenvalue weighted by atomic mass is 10.1. The molecule has 1 unspecified atom stereocenters. The maximum absolute atomic E-state index is 12.5. The van der Waals surface area contributed by atoms with Gasteiger partial charge in [0, 0.05) is 25.2 Å². The molecule has 0 bridgehead atoms. The molecular weight excluding hydrogens is 348 g/mol. The van der Waals surface area contributed by atoms with E-state index in [2.05, 4.69) is 5.32 Å². The molecule has 0 aromatic heterocycles. The van der Waals surface area contributed by atoms with Crippen LogP contribution in [0.4, 0.5) is 5.69 Å². The topological polar surface area (TPSA) is 95.9 Å². The van der Waals surface area contributed by atoms with Crippen LogP contribution in [0, 0.1) is 5.92 Å². The van der Waals surface area contributed by atoms with Gasteiger partial charge in [-0.1, -0.05) is 30.3 Å². The molecule has 140 valence electrons. The number of carbonyl (C=O) groups excluding carboxylic acids is 2. The molecule has 0 aliphatic carbocycles. The number of hydrogen-bond acceptors (Lipinski definition) is 4. The van der Waals surface area contributed by atoms with E-state index in [1.807, 2.05) is 30.3 Å². The van der Waals surface area contributed by atoms with Gasteiger partial charge in [0.1, 0.15) is 5.75 Å². The standard InChI is InChI=1S/C20H20N2O5/c23-18-10-15(12-22(18)11-14-4-2-1-3-5-14)20(26)21-16-6-8-17(9-7-16)27-13-19(24)25/h1-9,15H,10-13H2,(H,21,26)(H,24,25). The Morgan fingerprint density at radius 1 is 1.11 bits per heavy atom. The van der Waals surface area contributed by atoms with Crippen LogP contribution in [0.1, 0.15) is 12.0 Å². The molecule has 3 rings (SSSR count). The summed E-state index contributed by atoms with van der Waals surface area (Å²) in [4.78, 5) is 36.8.